The van der Waals surface area contributed by atoms with E-state index in [9.17, 15) is 4.79 Å². The first-order valence-electron chi connectivity index (χ1n) is 8.86. The van der Waals surface area contributed by atoms with Crippen molar-refractivity contribution in [2.24, 2.45) is 5.92 Å². The van der Waals surface area contributed by atoms with Gasteiger partial charge >= 0.3 is 0 Å². The molecule has 1 aromatic carbocycles. The predicted molar refractivity (Wildman–Crippen MR) is 91.6 cm³/mol. The molecule has 1 aromatic heterocycles. The van der Waals surface area contributed by atoms with Gasteiger partial charge in [0.25, 0.3) is 0 Å². The number of H-pyrrole nitrogens is 1. The smallest absolute Gasteiger partial charge is 0.247 e. The first kappa shape index (κ1) is 14.2. The quantitative estimate of drug-likeness (QED) is 0.925. The van der Waals surface area contributed by atoms with Gasteiger partial charge in [-0.3, -0.25) is 14.8 Å². The maximum absolute atomic E-state index is 13.4. The molecule has 124 valence electrons. The Hall–Kier alpha value is -2.14. The lowest BCUT2D eigenvalue weighted by molar-refractivity contribution is -0.126. The van der Waals surface area contributed by atoms with Crippen LogP contribution in [0, 0.1) is 12.8 Å². The van der Waals surface area contributed by atoms with Gasteiger partial charge < -0.3 is 4.90 Å². The minimum absolute atomic E-state index is 0.282. The van der Waals surface area contributed by atoms with E-state index < -0.39 is 0 Å². The molecular formula is C19H22N4O. The summed E-state index contributed by atoms with van der Waals surface area (Å²) in [5.74, 6) is 0.695. The summed E-state index contributed by atoms with van der Waals surface area (Å²) in [5, 5.41) is 7.56. The van der Waals surface area contributed by atoms with Gasteiger partial charge in [0.15, 0.2) is 0 Å². The fraction of sp³-hybridized carbons (Fsp3) is 0.474. The number of aromatic nitrogens is 2. The summed E-state index contributed by atoms with van der Waals surface area (Å²) in [7, 11) is 0. The van der Waals surface area contributed by atoms with Crippen LogP contribution >= 0.6 is 0 Å². The number of hydrogen-bond donors (Lipinski definition) is 1. The number of anilines is 1. The summed E-state index contributed by atoms with van der Waals surface area (Å²) in [6.45, 7) is 3.87. The SMILES string of the molecule is Cc1cc([C@@H]2C[C@H]3CN(c4ccccc4)C(=O)[C@]34CCCN24)n[nH]1. The van der Waals surface area contributed by atoms with Crippen LogP contribution in [0.15, 0.2) is 36.4 Å². The molecule has 0 unspecified atom stereocenters. The molecule has 3 aliphatic heterocycles. The van der Waals surface area contributed by atoms with E-state index in [0.717, 1.165) is 49.4 Å². The number of aromatic amines is 1. The van der Waals surface area contributed by atoms with Crippen molar-refractivity contribution in [2.75, 3.05) is 18.0 Å². The molecule has 3 atom stereocenters. The largest absolute Gasteiger partial charge is 0.310 e. The highest BCUT2D eigenvalue weighted by Crippen LogP contribution is 2.56. The van der Waals surface area contributed by atoms with E-state index in [-0.39, 0.29) is 11.6 Å². The molecule has 5 nitrogen and oxygen atoms in total. The van der Waals surface area contributed by atoms with Gasteiger partial charge in [0.05, 0.1) is 11.7 Å². The Bertz CT molecular complexity index is 786. The molecule has 2 aromatic rings. The molecule has 1 amide bonds. The number of rotatable bonds is 2. The maximum Gasteiger partial charge on any atom is 0.247 e. The summed E-state index contributed by atoms with van der Waals surface area (Å²) in [6.07, 6.45) is 3.11. The average molecular weight is 322 g/mol. The highest BCUT2D eigenvalue weighted by molar-refractivity contribution is 6.03. The van der Waals surface area contributed by atoms with Crippen molar-refractivity contribution in [3.8, 4) is 0 Å². The zero-order chi connectivity index (χ0) is 16.3. The van der Waals surface area contributed by atoms with E-state index in [1.165, 1.54) is 0 Å². The maximum atomic E-state index is 13.4. The molecule has 1 N–H and O–H groups in total. The van der Waals surface area contributed by atoms with Crippen LogP contribution in [0.3, 0.4) is 0 Å². The molecule has 5 rings (SSSR count). The summed E-state index contributed by atoms with van der Waals surface area (Å²) in [5.41, 5.74) is 2.92. The number of aryl methyl sites for hydroxylation is 1. The number of hydrogen-bond acceptors (Lipinski definition) is 3. The summed E-state index contributed by atoms with van der Waals surface area (Å²) < 4.78 is 0. The van der Waals surface area contributed by atoms with Crippen LogP contribution in [-0.2, 0) is 4.79 Å². The third-order valence-electron chi connectivity index (χ3n) is 6.18. The topological polar surface area (TPSA) is 52.2 Å². The van der Waals surface area contributed by atoms with Gasteiger partial charge in [-0.1, -0.05) is 18.2 Å². The van der Waals surface area contributed by atoms with E-state index in [2.05, 4.69) is 21.2 Å². The lowest BCUT2D eigenvalue weighted by Crippen LogP contribution is -2.49. The van der Waals surface area contributed by atoms with E-state index >= 15 is 0 Å². The van der Waals surface area contributed by atoms with Crippen LogP contribution in [0.25, 0.3) is 0 Å². The van der Waals surface area contributed by atoms with Gasteiger partial charge in [-0.2, -0.15) is 5.10 Å². The first-order valence-corrected chi connectivity index (χ1v) is 8.86. The molecule has 24 heavy (non-hydrogen) atoms. The Kier molecular flexibility index (Phi) is 2.92. The van der Waals surface area contributed by atoms with Crippen LogP contribution in [-0.4, -0.2) is 39.6 Å². The molecule has 0 aliphatic carbocycles. The van der Waals surface area contributed by atoms with Gasteiger partial charge in [0.2, 0.25) is 5.91 Å². The highest BCUT2D eigenvalue weighted by Gasteiger charge is 2.65. The van der Waals surface area contributed by atoms with Gasteiger partial charge in [-0.05, 0) is 50.9 Å². The molecule has 0 radical (unpaired) electrons. The molecule has 0 saturated carbocycles. The number of amides is 1. The molecule has 0 bridgehead atoms. The minimum Gasteiger partial charge on any atom is -0.310 e. The zero-order valence-corrected chi connectivity index (χ0v) is 13.9. The van der Waals surface area contributed by atoms with Crippen molar-refractivity contribution in [1.82, 2.24) is 15.1 Å². The van der Waals surface area contributed by atoms with Crippen molar-refractivity contribution in [3.05, 3.63) is 47.8 Å². The number of nitrogens with one attached hydrogen (secondary N) is 1. The van der Waals surface area contributed by atoms with Crippen LogP contribution in [0.5, 0.6) is 0 Å². The monoisotopic (exact) mass is 322 g/mol. The number of para-hydroxylation sites is 1. The van der Waals surface area contributed by atoms with Gasteiger partial charge in [-0.15, -0.1) is 0 Å². The van der Waals surface area contributed by atoms with Gasteiger partial charge in [-0.25, -0.2) is 0 Å². The standard InChI is InChI=1S/C19H22N4O/c1-13-10-16(21-20-13)17-11-14-12-22(15-6-3-2-4-7-15)18(24)19(14)8-5-9-23(17)19/h2-4,6-7,10,14,17H,5,8-9,11-12H2,1H3,(H,20,21)/t14-,17-,19-/m0/s1. The van der Waals surface area contributed by atoms with Crippen molar-refractivity contribution < 1.29 is 4.79 Å². The minimum atomic E-state index is -0.298. The molecule has 3 aliphatic rings. The molecule has 3 saturated heterocycles. The van der Waals surface area contributed by atoms with Crippen molar-refractivity contribution in [2.45, 2.75) is 37.8 Å². The molecule has 4 heterocycles. The van der Waals surface area contributed by atoms with E-state index in [1.807, 2.05) is 42.2 Å². The first-order chi connectivity index (χ1) is 11.7. The molecule has 5 heteroatoms. The number of carbonyl (C=O) groups is 1. The van der Waals surface area contributed by atoms with Crippen LogP contribution < -0.4 is 4.90 Å². The summed E-state index contributed by atoms with van der Waals surface area (Å²) in [4.78, 5) is 17.9. The number of benzene rings is 1. The highest BCUT2D eigenvalue weighted by atomic mass is 16.2. The normalized spacial score (nSPS) is 32.4. The molecule has 3 fully saturated rings. The molecular weight excluding hydrogens is 300 g/mol. The van der Waals surface area contributed by atoms with Gasteiger partial charge in [0, 0.05) is 23.8 Å². The van der Waals surface area contributed by atoms with Crippen LogP contribution in [0.1, 0.15) is 36.7 Å². The van der Waals surface area contributed by atoms with Crippen LogP contribution in [0.2, 0.25) is 0 Å². The second-order valence-corrected chi connectivity index (χ2v) is 7.40. The lowest BCUT2D eigenvalue weighted by Gasteiger charge is -2.32. The second-order valence-electron chi connectivity index (χ2n) is 7.40. The Morgan fingerprint density at radius 3 is 2.88 bits per heavy atom. The second kappa shape index (κ2) is 4.93. The van der Waals surface area contributed by atoms with Crippen LogP contribution in [0.4, 0.5) is 5.69 Å². The predicted octanol–water partition coefficient (Wildman–Crippen LogP) is 2.66. The van der Waals surface area contributed by atoms with E-state index in [4.69, 9.17) is 0 Å². The van der Waals surface area contributed by atoms with Crippen molar-refractivity contribution in [3.63, 3.8) is 0 Å². The molecule has 1 spiro atoms. The Morgan fingerprint density at radius 1 is 1.29 bits per heavy atom. The zero-order valence-electron chi connectivity index (χ0n) is 13.9. The van der Waals surface area contributed by atoms with E-state index in [0.29, 0.717) is 11.8 Å². The number of carbonyl (C=O) groups excluding carboxylic acids is 1. The van der Waals surface area contributed by atoms with Crippen molar-refractivity contribution >= 4 is 11.6 Å². The Morgan fingerprint density at radius 2 is 2.12 bits per heavy atom. The third kappa shape index (κ3) is 1.73. The Labute approximate surface area is 141 Å². The fourth-order valence-corrected chi connectivity index (χ4v) is 5.21. The fourth-order valence-electron chi connectivity index (χ4n) is 5.21. The lowest BCUT2D eigenvalue weighted by atomic mass is 9.85. The summed E-state index contributed by atoms with van der Waals surface area (Å²) >= 11 is 0. The average Bonchev–Trinajstić information content (AvgIpc) is 3.32. The number of nitrogens with zero attached hydrogens (tertiary/aromatic N) is 3. The van der Waals surface area contributed by atoms with Crippen molar-refractivity contribution in [1.29, 1.82) is 0 Å². The van der Waals surface area contributed by atoms with Gasteiger partial charge in [0.1, 0.15) is 5.54 Å². The third-order valence-corrected chi connectivity index (χ3v) is 6.18. The summed E-state index contributed by atoms with van der Waals surface area (Å²) in [6, 6.07) is 12.5. The van der Waals surface area contributed by atoms with E-state index in [1.54, 1.807) is 0 Å². The Balaban J connectivity index is 1.52.